The number of anilines is 1. The molecule has 2 N–H and O–H groups in total. The summed E-state index contributed by atoms with van der Waals surface area (Å²) < 4.78 is 21.1. The first-order valence-corrected chi connectivity index (χ1v) is 11.4. The number of nitrogens with zero attached hydrogens (tertiary/aromatic N) is 3. The molecule has 2 aromatic carbocycles. The number of thiazole rings is 1. The van der Waals surface area contributed by atoms with Crippen LogP contribution in [0.25, 0.3) is 11.3 Å². The fourth-order valence-electron chi connectivity index (χ4n) is 3.56. The maximum absolute atomic E-state index is 13.6. The van der Waals surface area contributed by atoms with E-state index in [4.69, 9.17) is 4.74 Å². The van der Waals surface area contributed by atoms with Crippen molar-refractivity contribution in [1.82, 2.24) is 15.2 Å². The molecule has 1 aromatic heterocycles. The molecule has 0 unspecified atom stereocenters. The Balaban J connectivity index is 0.00000306. The summed E-state index contributed by atoms with van der Waals surface area (Å²) in [5.41, 5.74) is 3.77. The predicted molar refractivity (Wildman–Crippen MR) is 135 cm³/mol. The zero-order chi connectivity index (χ0) is 22.3. The number of carbonyl (C=O) groups excluding carboxylic acids is 1. The van der Waals surface area contributed by atoms with Crippen LogP contribution in [-0.2, 0) is 11.3 Å². The van der Waals surface area contributed by atoms with Gasteiger partial charge in [-0.3, -0.25) is 0 Å². The highest BCUT2D eigenvalue weighted by molar-refractivity contribution is 8.93. The van der Waals surface area contributed by atoms with Gasteiger partial charge in [-0.05, 0) is 35.9 Å². The number of aromatic nitrogens is 1. The molecule has 2 heterocycles. The minimum Gasteiger partial charge on any atom is -0.378 e. The first-order valence-electron chi connectivity index (χ1n) is 10.5. The van der Waals surface area contributed by atoms with Crippen LogP contribution in [0.15, 0.2) is 58.9 Å². The van der Waals surface area contributed by atoms with Gasteiger partial charge in [0.05, 0.1) is 24.6 Å². The van der Waals surface area contributed by atoms with Crippen molar-refractivity contribution in [3.8, 4) is 11.3 Å². The van der Waals surface area contributed by atoms with Crippen molar-refractivity contribution in [2.45, 2.75) is 6.54 Å². The summed E-state index contributed by atoms with van der Waals surface area (Å²) in [5.74, 6) is -0.324. The van der Waals surface area contributed by atoms with Gasteiger partial charge >= 0.3 is 6.03 Å². The Bertz CT molecular complexity index is 1130. The van der Waals surface area contributed by atoms with Gasteiger partial charge < -0.3 is 24.8 Å². The molecule has 0 saturated carbocycles. The van der Waals surface area contributed by atoms with E-state index >= 15 is 0 Å². The average molecular weight is 536 g/mol. The van der Waals surface area contributed by atoms with Crippen LogP contribution in [0, 0.1) is 5.82 Å². The molecule has 0 radical (unpaired) electrons. The van der Waals surface area contributed by atoms with E-state index in [1.807, 2.05) is 5.38 Å². The second-order valence-corrected chi connectivity index (χ2v) is 8.14. The molecular formula is C23H27BrFN5O2S. The Labute approximate surface area is 206 Å². The lowest BCUT2D eigenvalue weighted by molar-refractivity contribution is 0.122. The highest BCUT2D eigenvalue weighted by atomic mass is 79.9. The van der Waals surface area contributed by atoms with E-state index in [9.17, 15) is 9.18 Å². The molecule has 0 atom stereocenters. The number of nitrogens with one attached hydrogen (secondary N) is 2. The molecule has 7 nitrogen and oxygen atoms in total. The Hall–Kier alpha value is -2.69. The van der Waals surface area contributed by atoms with Crippen molar-refractivity contribution >= 4 is 45.7 Å². The van der Waals surface area contributed by atoms with Crippen LogP contribution < -0.4 is 20.3 Å². The largest absolute Gasteiger partial charge is 0.378 e. The fraction of sp³-hybridized carbons (Fsp3) is 0.304. The second-order valence-electron chi connectivity index (χ2n) is 7.30. The van der Waals surface area contributed by atoms with Gasteiger partial charge in [-0.15, -0.1) is 28.3 Å². The summed E-state index contributed by atoms with van der Waals surface area (Å²) >= 11 is 1.49. The van der Waals surface area contributed by atoms with Crippen LogP contribution in [0.4, 0.5) is 20.6 Å². The number of hydrogen-bond acceptors (Lipinski definition) is 5. The monoisotopic (exact) mass is 535 g/mol. The minimum absolute atomic E-state index is 0. The topological polar surface area (TPSA) is 70.9 Å². The predicted octanol–water partition coefficient (Wildman–Crippen LogP) is 3.93. The van der Waals surface area contributed by atoms with E-state index in [2.05, 4.69) is 49.4 Å². The highest BCUT2D eigenvalue weighted by Crippen LogP contribution is 2.25. The van der Waals surface area contributed by atoms with Crippen LogP contribution in [0.3, 0.4) is 0 Å². The molecule has 1 fully saturated rings. The SMILES string of the molecule is Br.CNC(=O)NCCn1c(-c2ccc(N3CCOCC3)cc2)csc1=Nc1cccc(F)c1. The maximum Gasteiger partial charge on any atom is 0.314 e. The Morgan fingerprint density at radius 2 is 1.94 bits per heavy atom. The number of carbonyl (C=O) groups is 1. The third-order valence-corrected chi connectivity index (χ3v) is 6.08. The fourth-order valence-corrected chi connectivity index (χ4v) is 4.51. The van der Waals surface area contributed by atoms with Gasteiger partial charge in [-0.2, -0.15) is 0 Å². The molecule has 1 aliphatic rings. The first kappa shape index (κ1) is 24.9. The van der Waals surface area contributed by atoms with Gasteiger partial charge in [-0.25, -0.2) is 14.2 Å². The van der Waals surface area contributed by atoms with Gasteiger partial charge in [-0.1, -0.05) is 18.2 Å². The molecule has 3 aromatic rings. The van der Waals surface area contributed by atoms with Crippen molar-refractivity contribution in [1.29, 1.82) is 0 Å². The standard InChI is InChI=1S/C23H26FN5O2S.BrH/c1-25-22(30)26-9-10-29-21(16-32-23(29)27-19-4-2-3-18(24)15-19)17-5-7-20(8-6-17)28-11-13-31-14-12-28;/h2-8,15-16H,9-14H2,1H3,(H2,25,26,30);1H. The lowest BCUT2D eigenvalue weighted by atomic mass is 10.1. The van der Waals surface area contributed by atoms with E-state index in [0.717, 1.165) is 42.4 Å². The number of benzene rings is 2. The lowest BCUT2D eigenvalue weighted by Gasteiger charge is -2.28. The molecule has 4 rings (SSSR count). The zero-order valence-corrected chi connectivity index (χ0v) is 20.8. The Morgan fingerprint density at radius 3 is 2.64 bits per heavy atom. The van der Waals surface area contributed by atoms with Gasteiger partial charge in [0.15, 0.2) is 4.80 Å². The second kappa shape index (κ2) is 12.0. The van der Waals surface area contributed by atoms with Crippen molar-refractivity contribution in [2.75, 3.05) is 44.8 Å². The number of ether oxygens (including phenoxy) is 1. The first-order chi connectivity index (χ1) is 15.6. The normalized spacial score (nSPS) is 14.0. The third-order valence-electron chi connectivity index (χ3n) is 5.22. The summed E-state index contributed by atoms with van der Waals surface area (Å²) in [6.07, 6.45) is 0. The van der Waals surface area contributed by atoms with Crippen LogP contribution in [-0.4, -0.2) is 50.5 Å². The van der Waals surface area contributed by atoms with Gasteiger partial charge in [0.2, 0.25) is 0 Å². The summed E-state index contributed by atoms with van der Waals surface area (Å²) in [6, 6.07) is 14.4. The molecule has 33 heavy (non-hydrogen) atoms. The number of rotatable bonds is 6. The molecule has 0 bridgehead atoms. The van der Waals surface area contributed by atoms with Crippen LogP contribution in [0.2, 0.25) is 0 Å². The molecule has 1 aliphatic heterocycles. The Kier molecular flexibility index (Phi) is 9.04. The quantitative estimate of drug-likeness (QED) is 0.502. The van der Waals surface area contributed by atoms with Gasteiger partial charge in [0, 0.05) is 44.3 Å². The molecule has 2 amide bonds. The van der Waals surface area contributed by atoms with E-state index in [1.165, 1.54) is 29.2 Å². The van der Waals surface area contributed by atoms with E-state index in [0.29, 0.717) is 18.8 Å². The zero-order valence-electron chi connectivity index (χ0n) is 18.3. The number of hydrogen-bond donors (Lipinski definition) is 2. The van der Waals surface area contributed by atoms with Crippen LogP contribution >= 0.6 is 28.3 Å². The minimum atomic E-state index is -0.324. The van der Waals surface area contributed by atoms with Crippen molar-refractivity contribution in [3.63, 3.8) is 0 Å². The lowest BCUT2D eigenvalue weighted by Crippen LogP contribution is -2.36. The number of morpholine rings is 1. The molecular weight excluding hydrogens is 509 g/mol. The highest BCUT2D eigenvalue weighted by Gasteiger charge is 2.13. The molecule has 1 saturated heterocycles. The molecule has 0 spiro atoms. The van der Waals surface area contributed by atoms with Gasteiger partial charge in [0.25, 0.3) is 0 Å². The van der Waals surface area contributed by atoms with E-state index < -0.39 is 0 Å². The summed E-state index contributed by atoms with van der Waals surface area (Å²) in [7, 11) is 1.58. The number of amides is 2. The summed E-state index contributed by atoms with van der Waals surface area (Å²) in [5, 5.41) is 7.41. The molecule has 176 valence electrons. The average Bonchev–Trinajstić information content (AvgIpc) is 3.22. The number of halogens is 2. The van der Waals surface area contributed by atoms with Gasteiger partial charge in [0.1, 0.15) is 5.82 Å². The molecule has 10 heteroatoms. The number of urea groups is 1. The summed E-state index contributed by atoms with van der Waals surface area (Å²) in [4.78, 5) is 19.3. The third kappa shape index (κ3) is 6.43. The smallest absolute Gasteiger partial charge is 0.314 e. The van der Waals surface area contributed by atoms with Crippen LogP contribution in [0.1, 0.15) is 0 Å². The van der Waals surface area contributed by atoms with Crippen LogP contribution in [0.5, 0.6) is 0 Å². The maximum atomic E-state index is 13.6. The summed E-state index contributed by atoms with van der Waals surface area (Å²) in [6.45, 7) is 4.24. The van der Waals surface area contributed by atoms with Crippen molar-refractivity contribution in [2.24, 2.45) is 4.99 Å². The molecule has 0 aliphatic carbocycles. The van der Waals surface area contributed by atoms with Crippen molar-refractivity contribution < 1.29 is 13.9 Å². The van der Waals surface area contributed by atoms with E-state index in [-0.39, 0.29) is 28.8 Å². The Morgan fingerprint density at radius 1 is 1.18 bits per heavy atom. The van der Waals surface area contributed by atoms with Crippen molar-refractivity contribution in [3.05, 3.63) is 64.5 Å². The van der Waals surface area contributed by atoms with E-state index in [1.54, 1.807) is 19.2 Å².